The quantitative estimate of drug-likeness (QED) is 0.542. The standard InChI is InChI=1S/C23H27NO6/c1-6-12-30-23(26)18-13(2)24-15-8-7-9-16(25)20(15)19(18)14-10-11-17(27-3)22(29-5)21(14)28-4/h6,10-11,19,24H,1,7-9,12H2,2-5H3. The molecule has 0 fully saturated rings. The minimum atomic E-state index is -0.638. The van der Waals surface area contributed by atoms with E-state index >= 15 is 0 Å². The highest BCUT2D eigenvalue weighted by Crippen LogP contribution is 2.49. The van der Waals surface area contributed by atoms with Crippen molar-refractivity contribution >= 4 is 11.8 Å². The monoisotopic (exact) mass is 413 g/mol. The number of rotatable bonds is 7. The van der Waals surface area contributed by atoms with Crippen LogP contribution in [0.5, 0.6) is 17.2 Å². The number of allylic oxidation sites excluding steroid dienone is 3. The maximum absolute atomic E-state index is 13.0. The van der Waals surface area contributed by atoms with Crippen LogP contribution in [0.2, 0.25) is 0 Å². The first-order valence-corrected chi connectivity index (χ1v) is 9.79. The lowest BCUT2D eigenvalue weighted by molar-refractivity contribution is -0.138. The number of esters is 1. The number of benzene rings is 1. The molecule has 160 valence electrons. The molecule has 3 rings (SSSR count). The zero-order valence-electron chi connectivity index (χ0n) is 17.8. The molecule has 1 aliphatic heterocycles. The average molecular weight is 413 g/mol. The summed E-state index contributed by atoms with van der Waals surface area (Å²) in [4.78, 5) is 26.0. The van der Waals surface area contributed by atoms with Crippen LogP contribution >= 0.6 is 0 Å². The fourth-order valence-corrected chi connectivity index (χ4v) is 4.13. The van der Waals surface area contributed by atoms with Gasteiger partial charge in [0.15, 0.2) is 17.3 Å². The fourth-order valence-electron chi connectivity index (χ4n) is 4.13. The van der Waals surface area contributed by atoms with Crippen LogP contribution in [-0.2, 0) is 14.3 Å². The topological polar surface area (TPSA) is 83.1 Å². The maximum Gasteiger partial charge on any atom is 0.337 e. The van der Waals surface area contributed by atoms with Gasteiger partial charge in [-0.05, 0) is 25.8 Å². The van der Waals surface area contributed by atoms with Crippen LogP contribution < -0.4 is 19.5 Å². The molecule has 0 saturated heterocycles. The zero-order valence-corrected chi connectivity index (χ0v) is 17.8. The maximum atomic E-state index is 13.0. The summed E-state index contributed by atoms with van der Waals surface area (Å²) in [7, 11) is 4.57. The molecule has 1 aliphatic carbocycles. The van der Waals surface area contributed by atoms with E-state index in [1.807, 2.05) is 6.92 Å². The predicted octanol–water partition coefficient (Wildman–Crippen LogP) is 3.41. The summed E-state index contributed by atoms with van der Waals surface area (Å²) in [6.07, 6.45) is 3.44. The number of nitrogens with one attached hydrogen (secondary N) is 1. The van der Waals surface area contributed by atoms with Crippen LogP contribution in [-0.4, -0.2) is 39.7 Å². The van der Waals surface area contributed by atoms with Crippen molar-refractivity contribution in [2.24, 2.45) is 0 Å². The van der Waals surface area contributed by atoms with Crippen LogP contribution in [0.4, 0.5) is 0 Å². The lowest BCUT2D eigenvalue weighted by Crippen LogP contribution is -2.34. The number of ether oxygens (including phenoxy) is 4. The number of dihydropyridines is 1. The van der Waals surface area contributed by atoms with Crippen molar-refractivity contribution in [2.75, 3.05) is 27.9 Å². The van der Waals surface area contributed by atoms with E-state index < -0.39 is 11.9 Å². The van der Waals surface area contributed by atoms with Gasteiger partial charge in [-0.1, -0.05) is 18.7 Å². The van der Waals surface area contributed by atoms with E-state index in [0.717, 1.165) is 18.5 Å². The van der Waals surface area contributed by atoms with Crippen molar-refractivity contribution in [3.8, 4) is 17.2 Å². The summed E-state index contributed by atoms with van der Waals surface area (Å²) in [6, 6.07) is 3.55. The van der Waals surface area contributed by atoms with Crippen LogP contribution in [0.1, 0.15) is 37.7 Å². The van der Waals surface area contributed by atoms with Crippen molar-refractivity contribution in [3.05, 3.63) is 52.9 Å². The molecule has 30 heavy (non-hydrogen) atoms. The van der Waals surface area contributed by atoms with Gasteiger partial charge in [-0.25, -0.2) is 4.79 Å². The highest BCUT2D eigenvalue weighted by molar-refractivity contribution is 6.04. The van der Waals surface area contributed by atoms with Crippen molar-refractivity contribution < 1.29 is 28.5 Å². The second-order valence-electron chi connectivity index (χ2n) is 7.08. The molecule has 1 aromatic carbocycles. The van der Waals surface area contributed by atoms with E-state index in [1.165, 1.54) is 27.4 Å². The van der Waals surface area contributed by atoms with Gasteiger partial charge >= 0.3 is 5.97 Å². The van der Waals surface area contributed by atoms with Gasteiger partial charge in [0, 0.05) is 29.0 Å². The third-order valence-corrected chi connectivity index (χ3v) is 5.37. The lowest BCUT2D eigenvalue weighted by Gasteiger charge is -2.34. The second kappa shape index (κ2) is 9.07. The van der Waals surface area contributed by atoms with Gasteiger partial charge in [0.1, 0.15) is 6.61 Å². The Balaban J connectivity index is 2.26. The number of Topliss-reactive ketones (excluding diaryl/α,β-unsaturated/α-hetero) is 1. The Morgan fingerprint density at radius 1 is 1.17 bits per heavy atom. The van der Waals surface area contributed by atoms with E-state index in [-0.39, 0.29) is 12.4 Å². The second-order valence-corrected chi connectivity index (χ2v) is 7.08. The van der Waals surface area contributed by atoms with Crippen molar-refractivity contribution in [3.63, 3.8) is 0 Å². The van der Waals surface area contributed by atoms with Crippen LogP contribution in [0.15, 0.2) is 47.3 Å². The summed E-state index contributed by atoms with van der Waals surface area (Å²) < 4.78 is 21.9. The average Bonchev–Trinajstić information content (AvgIpc) is 2.75. The Morgan fingerprint density at radius 2 is 1.90 bits per heavy atom. The van der Waals surface area contributed by atoms with E-state index in [2.05, 4.69) is 11.9 Å². The van der Waals surface area contributed by atoms with Crippen LogP contribution in [0.3, 0.4) is 0 Å². The first-order chi connectivity index (χ1) is 14.5. The molecule has 2 aliphatic rings. The molecule has 1 unspecified atom stereocenters. The van der Waals surface area contributed by atoms with Gasteiger partial charge in [0.25, 0.3) is 0 Å². The number of methoxy groups -OCH3 is 3. The molecular weight excluding hydrogens is 386 g/mol. The fraction of sp³-hybridized carbons (Fsp3) is 0.391. The highest BCUT2D eigenvalue weighted by Gasteiger charge is 2.41. The van der Waals surface area contributed by atoms with Gasteiger partial charge in [-0.2, -0.15) is 0 Å². The zero-order chi connectivity index (χ0) is 21.8. The van der Waals surface area contributed by atoms with E-state index in [4.69, 9.17) is 18.9 Å². The molecule has 1 heterocycles. The molecule has 1 N–H and O–H groups in total. The third-order valence-electron chi connectivity index (χ3n) is 5.37. The molecule has 1 atom stereocenters. The van der Waals surface area contributed by atoms with Gasteiger partial charge in [-0.3, -0.25) is 4.79 Å². The van der Waals surface area contributed by atoms with Gasteiger partial charge in [0.2, 0.25) is 5.75 Å². The Hall–Kier alpha value is -3.22. The number of hydrogen-bond acceptors (Lipinski definition) is 7. The summed E-state index contributed by atoms with van der Waals surface area (Å²) in [6.45, 7) is 5.49. The Morgan fingerprint density at radius 3 is 2.53 bits per heavy atom. The lowest BCUT2D eigenvalue weighted by atomic mass is 9.75. The predicted molar refractivity (Wildman–Crippen MR) is 112 cm³/mol. The molecule has 0 aromatic heterocycles. The normalized spacial score (nSPS) is 18.4. The molecule has 0 radical (unpaired) electrons. The molecule has 1 aromatic rings. The first-order valence-electron chi connectivity index (χ1n) is 9.79. The van der Waals surface area contributed by atoms with E-state index in [9.17, 15) is 9.59 Å². The van der Waals surface area contributed by atoms with E-state index in [0.29, 0.717) is 46.1 Å². The summed E-state index contributed by atoms with van der Waals surface area (Å²) in [5.41, 5.74) is 3.08. The van der Waals surface area contributed by atoms with Gasteiger partial charge < -0.3 is 24.3 Å². The van der Waals surface area contributed by atoms with Crippen LogP contribution in [0, 0.1) is 0 Å². The summed E-state index contributed by atoms with van der Waals surface area (Å²) in [5, 5.41) is 3.26. The Bertz CT molecular complexity index is 943. The van der Waals surface area contributed by atoms with Crippen molar-refractivity contribution in [1.29, 1.82) is 0 Å². The minimum Gasteiger partial charge on any atom is -0.493 e. The number of hydrogen-bond donors (Lipinski definition) is 1. The Kier molecular flexibility index (Phi) is 6.50. The van der Waals surface area contributed by atoms with Gasteiger partial charge in [0.05, 0.1) is 32.8 Å². The molecule has 7 heteroatoms. The minimum absolute atomic E-state index is 0.00658. The molecule has 7 nitrogen and oxygen atoms in total. The third kappa shape index (κ3) is 3.67. The summed E-state index contributed by atoms with van der Waals surface area (Å²) in [5.74, 6) is 0.168. The van der Waals surface area contributed by atoms with Crippen molar-refractivity contribution in [2.45, 2.75) is 32.1 Å². The van der Waals surface area contributed by atoms with E-state index in [1.54, 1.807) is 12.1 Å². The smallest absolute Gasteiger partial charge is 0.337 e. The Labute approximate surface area is 176 Å². The van der Waals surface area contributed by atoms with Gasteiger partial charge in [-0.15, -0.1) is 0 Å². The summed E-state index contributed by atoms with van der Waals surface area (Å²) >= 11 is 0. The molecular formula is C23H27NO6. The number of carbonyl (C=O) groups is 2. The van der Waals surface area contributed by atoms with Crippen molar-refractivity contribution in [1.82, 2.24) is 5.32 Å². The first kappa shape index (κ1) is 21.5. The number of ketones is 1. The molecule has 0 saturated carbocycles. The SMILES string of the molecule is C=CCOC(=O)C1=C(C)NC2=C(C(=O)CCC2)C1c1ccc(OC)c(OC)c1OC. The molecule has 0 bridgehead atoms. The molecule has 0 amide bonds. The van der Waals surface area contributed by atoms with Crippen LogP contribution in [0.25, 0.3) is 0 Å². The number of carbonyl (C=O) groups excluding carboxylic acids is 2. The highest BCUT2D eigenvalue weighted by atomic mass is 16.5. The molecule has 0 spiro atoms. The largest absolute Gasteiger partial charge is 0.493 e.